The first-order chi connectivity index (χ1) is 7.56. The molecule has 1 unspecified atom stereocenters. The highest BCUT2D eigenvalue weighted by molar-refractivity contribution is 6.74. The normalized spacial score (nSPS) is 16.6. The van der Waals surface area contributed by atoms with Crippen LogP contribution >= 0.6 is 0 Å². The van der Waals surface area contributed by atoms with E-state index in [0.717, 1.165) is 5.56 Å². The van der Waals surface area contributed by atoms with Crippen molar-refractivity contribution in [3.8, 4) is 0 Å². The van der Waals surface area contributed by atoms with Crippen molar-refractivity contribution in [1.82, 2.24) is 0 Å². The van der Waals surface area contributed by atoms with Gasteiger partial charge in [0.05, 0.1) is 0 Å². The smallest absolute Gasteiger partial charge is 0.194 e. The third kappa shape index (κ3) is 3.41. The Morgan fingerprint density at radius 2 is 1.47 bits per heavy atom. The predicted molar refractivity (Wildman–Crippen MR) is 76.3 cm³/mol. The van der Waals surface area contributed by atoms with Crippen LogP contribution in [0, 0.1) is 0 Å². The molecule has 1 rings (SSSR count). The maximum absolute atomic E-state index is 6.33. The van der Waals surface area contributed by atoms with Crippen LogP contribution in [0.1, 0.15) is 33.3 Å². The average Bonchev–Trinajstić information content (AvgIpc) is 2.15. The molecule has 96 valence electrons. The zero-order valence-electron chi connectivity index (χ0n) is 11.9. The van der Waals surface area contributed by atoms with Crippen LogP contribution in [-0.4, -0.2) is 8.32 Å². The standard InChI is InChI=1S/C14H25NOSi/c1-13(2,3)17(5,6)16-14(4,15)12-10-8-7-9-11-12/h7-11H,15H2,1-6H3. The number of hydrogen-bond acceptors (Lipinski definition) is 2. The van der Waals surface area contributed by atoms with Crippen molar-refractivity contribution < 1.29 is 4.43 Å². The average molecular weight is 251 g/mol. The molecule has 0 saturated carbocycles. The van der Waals surface area contributed by atoms with E-state index in [1.54, 1.807) is 0 Å². The zero-order valence-corrected chi connectivity index (χ0v) is 12.9. The molecule has 0 aliphatic heterocycles. The largest absolute Gasteiger partial charge is 0.396 e. The van der Waals surface area contributed by atoms with Gasteiger partial charge in [0.2, 0.25) is 0 Å². The van der Waals surface area contributed by atoms with Gasteiger partial charge in [-0.15, -0.1) is 0 Å². The van der Waals surface area contributed by atoms with Crippen molar-refractivity contribution >= 4 is 8.32 Å². The molecular formula is C14H25NOSi. The van der Waals surface area contributed by atoms with Crippen LogP contribution in [0.3, 0.4) is 0 Å². The Morgan fingerprint density at radius 3 is 1.88 bits per heavy atom. The van der Waals surface area contributed by atoms with Gasteiger partial charge in [-0.25, -0.2) is 0 Å². The molecular weight excluding hydrogens is 226 g/mol. The fraction of sp³-hybridized carbons (Fsp3) is 0.571. The Labute approximate surface area is 106 Å². The Morgan fingerprint density at radius 1 is 1.00 bits per heavy atom. The molecule has 0 saturated heterocycles. The molecule has 0 bridgehead atoms. The molecule has 0 aliphatic rings. The van der Waals surface area contributed by atoms with Crippen LogP contribution in [-0.2, 0) is 10.2 Å². The Kier molecular flexibility index (Phi) is 3.86. The molecule has 0 fully saturated rings. The molecule has 0 amide bonds. The Bertz CT molecular complexity index is 366. The summed E-state index contributed by atoms with van der Waals surface area (Å²) >= 11 is 0. The summed E-state index contributed by atoms with van der Waals surface area (Å²) in [4.78, 5) is 0. The maximum atomic E-state index is 6.33. The van der Waals surface area contributed by atoms with E-state index >= 15 is 0 Å². The van der Waals surface area contributed by atoms with Gasteiger partial charge in [0, 0.05) is 0 Å². The lowest BCUT2D eigenvalue weighted by atomic mass is 10.1. The molecule has 0 spiro atoms. The highest BCUT2D eigenvalue weighted by Gasteiger charge is 2.42. The van der Waals surface area contributed by atoms with Crippen molar-refractivity contribution in [1.29, 1.82) is 0 Å². The number of rotatable bonds is 3. The van der Waals surface area contributed by atoms with Gasteiger partial charge in [0.1, 0.15) is 5.72 Å². The minimum absolute atomic E-state index is 0.169. The molecule has 1 aromatic rings. The second kappa shape index (κ2) is 4.56. The molecule has 0 aliphatic carbocycles. The van der Waals surface area contributed by atoms with E-state index in [4.69, 9.17) is 10.2 Å². The fourth-order valence-electron chi connectivity index (χ4n) is 1.51. The number of hydrogen-bond donors (Lipinski definition) is 1. The SMILES string of the molecule is CC(N)(O[Si](C)(C)C(C)(C)C)c1ccccc1. The maximum Gasteiger partial charge on any atom is 0.194 e. The number of benzene rings is 1. The van der Waals surface area contributed by atoms with E-state index < -0.39 is 14.0 Å². The second-order valence-corrected chi connectivity index (χ2v) is 11.1. The van der Waals surface area contributed by atoms with Gasteiger partial charge in [-0.2, -0.15) is 0 Å². The Balaban J connectivity index is 2.95. The summed E-state index contributed by atoms with van der Waals surface area (Å²) in [6.07, 6.45) is 0. The summed E-state index contributed by atoms with van der Waals surface area (Å²) in [6.45, 7) is 13.1. The van der Waals surface area contributed by atoms with E-state index in [-0.39, 0.29) is 5.04 Å². The minimum atomic E-state index is -1.85. The van der Waals surface area contributed by atoms with Crippen molar-refractivity contribution in [2.45, 2.75) is 51.6 Å². The van der Waals surface area contributed by atoms with Crippen LogP contribution in [0.2, 0.25) is 18.1 Å². The molecule has 0 heterocycles. The minimum Gasteiger partial charge on any atom is -0.396 e. The zero-order chi connectivity index (χ0) is 13.3. The highest BCUT2D eigenvalue weighted by atomic mass is 28.4. The van der Waals surface area contributed by atoms with Crippen molar-refractivity contribution in [3.63, 3.8) is 0 Å². The summed E-state index contributed by atoms with van der Waals surface area (Å²) < 4.78 is 6.29. The van der Waals surface area contributed by atoms with Crippen LogP contribution in [0.5, 0.6) is 0 Å². The predicted octanol–water partition coefficient (Wildman–Crippen LogP) is 3.84. The monoisotopic (exact) mass is 251 g/mol. The molecule has 2 nitrogen and oxygen atoms in total. The first-order valence-corrected chi connectivity index (χ1v) is 9.02. The Hall–Kier alpha value is -0.643. The number of nitrogens with two attached hydrogens (primary N) is 1. The molecule has 1 aromatic carbocycles. The fourth-order valence-corrected chi connectivity index (χ4v) is 3.00. The van der Waals surface area contributed by atoms with Crippen molar-refractivity contribution in [2.24, 2.45) is 5.73 Å². The van der Waals surface area contributed by atoms with Gasteiger partial charge in [-0.1, -0.05) is 51.1 Å². The summed E-state index contributed by atoms with van der Waals surface area (Å²) in [5, 5.41) is 0.169. The van der Waals surface area contributed by atoms with Gasteiger partial charge in [0.15, 0.2) is 8.32 Å². The lowest BCUT2D eigenvalue weighted by molar-refractivity contribution is 0.0768. The third-order valence-corrected chi connectivity index (χ3v) is 8.17. The van der Waals surface area contributed by atoms with Crippen LogP contribution in [0.4, 0.5) is 0 Å². The van der Waals surface area contributed by atoms with Crippen LogP contribution < -0.4 is 5.73 Å². The van der Waals surface area contributed by atoms with E-state index in [9.17, 15) is 0 Å². The topological polar surface area (TPSA) is 35.2 Å². The summed E-state index contributed by atoms with van der Waals surface area (Å²) in [5.74, 6) is 0. The molecule has 0 aromatic heterocycles. The summed E-state index contributed by atoms with van der Waals surface area (Å²) in [5.41, 5.74) is 6.66. The third-order valence-electron chi connectivity index (χ3n) is 3.62. The van der Waals surface area contributed by atoms with Crippen LogP contribution in [0.15, 0.2) is 30.3 Å². The van der Waals surface area contributed by atoms with E-state index in [1.165, 1.54) is 0 Å². The summed E-state index contributed by atoms with van der Waals surface area (Å²) in [6, 6.07) is 10.0. The van der Waals surface area contributed by atoms with E-state index in [0.29, 0.717) is 0 Å². The molecule has 1 atom stereocenters. The van der Waals surface area contributed by atoms with E-state index in [1.807, 2.05) is 37.3 Å². The molecule has 2 N–H and O–H groups in total. The lowest BCUT2D eigenvalue weighted by Crippen LogP contribution is -2.51. The first kappa shape index (κ1) is 14.4. The molecule has 0 radical (unpaired) electrons. The quantitative estimate of drug-likeness (QED) is 0.654. The molecule has 17 heavy (non-hydrogen) atoms. The van der Waals surface area contributed by atoms with Crippen molar-refractivity contribution in [3.05, 3.63) is 35.9 Å². The summed E-state index contributed by atoms with van der Waals surface area (Å²) in [7, 11) is -1.85. The van der Waals surface area contributed by atoms with Gasteiger partial charge < -0.3 is 10.2 Å². The first-order valence-electron chi connectivity index (χ1n) is 6.11. The highest BCUT2D eigenvalue weighted by Crippen LogP contribution is 2.40. The molecule has 3 heteroatoms. The van der Waals surface area contributed by atoms with Crippen LogP contribution in [0.25, 0.3) is 0 Å². The van der Waals surface area contributed by atoms with Gasteiger partial charge in [0.25, 0.3) is 0 Å². The second-order valence-electron chi connectivity index (χ2n) is 6.34. The van der Waals surface area contributed by atoms with Gasteiger partial charge >= 0.3 is 0 Å². The van der Waals surface area contributed by atoms with Gasteiger partial charge in [-0.05, 0) is 30.6 Å². The lowest BCUT2D eigenvalue weighted by Gasteiger charge is -2.42. The van der Waals surface area contributed by atoms with Crippen molar-refractivity contribution in [2.75, 3.05) is 0 Å². The van der Waals surface area contributed by atoms with Gasteiger partial charge in [-0.3, -0.25) is 0 Å². The van der Waals surface area contributed by atoms with E-state index in [2.05, 4.69) is 33.9 Å².